The maximum absolute atomic E-state index is 12.5. The van der Waals surface area contributed by atoms with Crippen molar-refractivity contribution in [2.75, 3.05) is 6.54 Å². The van der Waals surface area contributed by atoms with Crippen molar-refractivity contribution < 1.29 is 14.7 Å². The lowest BCUT2D eigenvalue weighted by Crippen LogP contribution is -2.29. The van der Waals surface area contributed by atoms with Crippen LogP contribution in [0.15, 0.2) is 30.5 Å². The van der Waals surface area contributed by atoms with Gasteiger partial charge in [0.05, 0.1) is 28.6 Å². The fourth-order valence-corrected chi connectivity index (χ4v) is 2.76. The van der Waals surface area contributed by atoms with E-state index in [1.165, 1.54) is 0 Å². The third kappa shape index (κ3) is 4.47. The van der Waals surface area contributed by atoms with Gasteiger partial charge < -0.3 is 10.4 Å². The van der Waals surface area contributed by atoms with Crippen LogP contribution in [0.2, 0.25) is 0 Å². The predicted octanol–water partition coefficient (Wildman–Crippen LogP) is 2.87. The van der Waals surface area contributed by atoms with Crippen LogP contribution < -0.4 is 5.32 Å². The molecule has 0 aliphatic rings. The molecule has 0 aliphatic carbocycles. The van der Waals surface area contributed by atoms with E-state index in [1.807, 2.05) is 17.7 Å². The number of benzene rings is 1. The summed E-state index contributed by atoms with van der Waals surface area (Å²) >= 11 is 0. The Balaban J connectivity index is 2.03. The highest BCUT2D eigenvalue weighted by Gasteiger charge is 2.22. The van der Waals surface area contributed by atoms with Crippen molar-refractivity contribution in [2.24, 2.45) is 0 Å². The number of aromatic nitrogens is 2. The number of hydrogen-bond donors (Lipinski definition) is 2. The Morgan fingerprint density at radius 1 is 1.28 bits per heavy atom. The van der Waals surface area contributed by atoms with Crippen LogP contribution in [0.1, 0.15) is 59.7 Å². The first-order valence-electron chi connectivity index (χ1n) is 8.42. The molecule has 2 aromatic rings. The summed E-state index contributed by atoms with van der Waals surface area (Å²) in [5, 5.41) is 16.3. The smallest absolute Gasteiger partial charge is 0.335 e. The van der Waals surface area contributed by atoms with Gasteiger partial charge in [-0.15, -0.1) is 0 Å². The largest absolute Gasteiger partial charge is 0.478 e. The Hall–Kier alpha value is -2.63. The molecule has 6 nitrogen and oxygen atoms in total. The molecular formula is C19H25N3O3. The standard InChI is InChI=1S/C19H25N3O3/c1-5-16-15(12-21-22(16)19(2,3)4)17(23)20-10-9-13-7-6-8-14(11-13)18(24)25/h6-8,11-12H,5,9-10H2,1-4H3,(H,20,23)(H,24,25). The van der Waals surface area contributed by atoms with E-state index in [0.717, 1.165) is 17.7 Å². The van der Waals surface area contributed by atoms with Gasteiger partial charge in [-0.2, -0.15) is 5.10 Å². The van der Waals surface area contributed by atoms with Gasteiger partial charge in [0, 0.05) is 6.54 Å². The third-order valence-electron chi connectivity index (χ3n) is 3.96. The van der Waals surface area contributed by atoms with E-state index in [1.54, 1.807) is 24.4 Å². The minimum absolute atomic E-state index is 0.151. The summed E-state index contributed by atoms with van der Waals surface area (Å²) in [6, 6.07) is 6.75. The normalized spacial score (nSPS) is 11.4. The minimum atomic E-state index is -0.951. The van der Waals surface area contributed by atoms with Crippen molar-refractivity contribution in [3.8, 4) is 0 Å². The molecule has 6 heteroatoms. The van der Waals surface area contributed by atoms with Crippen LogP contribution in [0.4, 0.5) is 0 Å². The van der Waals surface area contributed by atoms with Crippen LogP contribution in [-0.2, 0) is 18.4 Å². The first-order chi connectivity index (χ1) is 11.7. The van der Waals surface area contributed by atoms with Crippen LogP contribution in [-0.4, -0.2) is 33.3 Å². The number of nitrogens with zero attached hydrogens (tertiary/aromatic N) is 2. The lowest BCUT2D eigenvalue weighted by molar-refractivity contribution is 0.0696. The van der Waals surface area contributed by atoms with Gasteiger partial charge in [0.15, 0.2) is 0 Å². The van der Waals surface area contributed by atoms with Crippen LogP contribution in [0, 0.1) is 0 Å². The summed E-state index contributed by atoms with van der Waals surface area (Å²) in [6.45, 7) is 8.60. The second-order valence-electron chi connectivity index (χ2n) is 6.95. The Kier molecular flexibility index (Phi) is 5.62. The molecule has 0 fully saturated rings. The predicted molar refractivity (Wildman–Crippen MR) is 96.0 cm³/mol. The van der Waals surface area contributed by atoms with Crippen molar-refractivity contribution >= 4 is 11.9 Å². The highest BCUT2D eigenvalue weighted by molar-refractivity contribution is 5.95. The number of nitrogens with one attached hydrogen (secondary N) is 1. The molecule has 1 aromatic heterocycles. The number of hydrogen-bond acceptors (Lipinski definition) is 3. The second-order valence-corrected chi connectivity index (χ2v) is 6.95. The topological polar surface area (TPSA) is 84.2 Å². The fourth-order valence-electron chi connectivity index (χ4n) is 2.76. The molecule has 0 saturated heterocycles. The van der Waals surface area contributed by atoms with Crippen molar-refractivity contribution in [3.63, 3.8) is 0 Å². The Morgan fingerprint density at radius 2 is 2.00 bits per heavy atom. The zero-order valence-corrected chi connectivity index (χ0v) is 15.2. The monoisotopic (exact) mass is 343 g/mol. The molecule has 0 aliphatic heterocycles. The van der Waals surface area contributed by atoms with E-state index in [4.69, 9.17) is 5.11 Å². The van der Waals surface area contributed by atoms with Gasteiger partial charge >= 0.3 is 5.97 Å². The van der Waals surface area contributed by atoms with Gasteiger partial charge in [0.2, 0.25) is 0 Å². The minimum Gasteiger partial charge on any atom is -0.478 e. The first-order valence-corrected chi connectivity index (χ1v) is 8.42. The van der Waals surface area contributed by atoms with E-state index >= 15 is 0 Å². The maximum Gasteiger partial charge on any atom is 0.335 e. The Labute approximate surface area is 147 Å². The van der Waals surface area contributed by atoms with Crippen LogP contribution in [0.3, 0.4) is 0 Å². The van der Waals surface area contributed by atoms with Crippen LogP contribution >= 0.6 is 0 Å². The molecule has 0 unspecified atom stereocenters. The van der Waals surface area contributed by atoms with E-state index in [-0.39, 0.29) is 17.0 Å². The van der Waals surface area contributed by atoms with Gasteiger partial charge in [-0.05, 0) is 51.3 Å². The van der Waals surface area contributed by atoms with E-state index in [2.05, 4.69) is 31.2 Å². The molecule has 0 saturated carbocycles. The average Bonchev–Trinajstić information content (AvgIpc) is 2.99. The number of carbonyl (C=O) groups is 2. The van der Waals surface area contributed by atoms with E-state index in [9.17, 15) is 9.59 Å². The zero-order valence-electron chi connectivity index (χ0n) is 15.2. The van der Waals surface area contributed by atoms with E-state index in [0.29, 0.717) is 18.5 Å². The van der Waals surface area contributed by atoms with Crippen molar-refractivity contribution in [2.45, 2.75) is 46.1 Å². The quantitative estimate of drug-likeness (QED) is 0.845. The van der Waals surface area contributed by atoms with Crippen LogP contribution in [0.5, 0.6) is 0 Å². The lowest BCUT2D eigenvalue weighted by Gasteiger charge is -2.22. The molecule has 25 heavy (non-hydrogen) atoms. The SMILES string of the molecule is CCc1c(C(=O)NCCc2cccc(C(=O)O)c2)cnn1C(C)(C)C. The molecule has 0 spiro atoms. The first kappa shape index (κ1) is 18.7. The molecule has 1 amide bonds. The summed E-state index contributed by atoms with van der Waals surface area (Å²) in [5.74, 6) is -1.10. The van der Waals surface area contributed by atoms with Crippen molar-refractivity contribution in [1.82, 2.24) is 15.1 Å². The number of carboxylic acid groups (broad SMARTS) is 1. The average molecular weight is 343 g/mol. The summed E-state index contributed by atoms with van der Waals surface area (Å²) < 4.78 is 1.89. The second kappa shape index (κ2) is 7.51. The third-order valence-corrected chi connectivity index (χ3v) is 3.96. The molecule has 1 heterocycles. The molecule has 1 aromatic carbocycles. The van der Waals surface area contributed by atoms with Gasteiger partial charge in [0.1, 0.15) is 0 Å². The van der Waals surface area contributed by atoms with Crippen molar-refractivity contribution in [3.05, 3.63) is 52.8 Å². The zero-order chi connectivity index (χ0) is 18.6. The number of amides is 1. The lowest BCUT2D eigenvalue weighted by atomic mass is 10.1. The fraction of sp³-hybridized carbons (Fsp3) is 0.421. The number of aromatic carboxylic acids is 1. The number of rotatable bonds is 6. The maximum atomic E-state index is 12.5. The number of carbonyl (C=O) groups excluding carboxylic acids is 1. The Bertz CT molecular complexity index is 772. The molecule has 134 valence electrons. The molecule has 2 rings (SSSR count). The van der Waals surface area contributed by atoms with E-state index < -0.39 is 5.97 Å². The summed E-state index contributed by atoms with van der Waals surface area (Å²) in [5.41, 5.74) is 2.46. The van der Waals surface area contributed by atoms with Crippen LogP contribution in [0.25, 0.3) is 0 Å². The highest BCUT2D eigenvalue weighted by Crippen LogP contribution is 2.19. The summed E-state index contributed by atoms with van der Waals surface area (Å²) in [4.78, 5) is 23.5. The molecule has 0 atom stereocenters. The molecule has 2 N–H and O–H groups in total. The van der Waals surface area contributed by atoms with Crippen molar-refractivity contribution in [1.29, 1.82) is 0 Å². The molecule has 0 bridgehead atoms. The van der Waals surface area contributed by atoms with Gasteiger partial charge in [-0.3, -0.25) is 9.48 Å². The summed E-state index contributed by atoms with van der Waals surface area (Å²) in [7, 11) is 0. The van der Waals surface area contributed by atoms with Gasteiger partial charge in [-0.1, -0.05) is 19.1 Å². The summed E-state index contributed by atoms with van der Waals surface area (Å²) in [6.07, 6.45) is 2.91. The van der Waals surface area contributed by atoms with Gasteiger partial charge in [-0.25, -0.2) is 4.79 Å². The van der Waals surface area contributed by atoms with Gasteiger partial charge in [0.25, 0.3) is 5.91 Å². The highest BCUT2D eigenvalue weighted by atomic mass is 16.4. The molecular weight excluding hydrogens is 318 g/mol. The molecule has 0 radical (unpaired) electrons. The Morgan fingerprint density at radius 3 is 2.60 bits per heavy atom. The number of carboxylic acids is 1.